The summed E-state index contributed by atoms with van der Waals surface area (Å²) >= 11 is 4.76. The van der Waals surface area contributed by atoms with Crippen molar-refractivity contribution in [1.29, 1.82) is 0 Å². The number of hydrogen-bond donors (Lipinski definition) is 1. The van der Waals surface area contributed by atoms with Crippen molar-refractivity contribution >= 4 is 39.3 Å². The smallest absolute Gasteiger partial charge is 0.234 e. The average molecular weight is 553 g/mol. The number of amides is 1. The van der Waals surface area contributed by atoms with Gasteiger partial charge in [0.1, 0.15) is 18.1 Å². The van der Waals surface area contributed by atoms with E-state index in [1.165, 1.54) is 11.8 Å². The van der Waals surface area contributed by atoms with E-state index >= 15 is 0 Å². The molecule has 3 aromatic carbocycles. The molecule has 0 aliphatic rings. The van der Waals surface area contributed by atoms with Gasteiger partial charge in [0.2, 0.25) is 5.91 Å². The molecular weight excluding hydrogens is 528 g/mol. The molecule has 0 bridgehead atoms. The molecule has 0 radical (unpaired) electrons. The van der Waals surface area contributed by atoms with Crippen LogP contribution in [0, 0.1) is 6.92 Å². The Morgan fingerprint density at radius 3 is 2.46 bits per heavy atom. The third-order valence-electron chi connectivity index (χ3n) is 5.01. The Morgan fingerprint density at radius 2 is 1.74 bits per heavy atom. The molecule has 35 heavy (non-hydrogen) atoms. The molecule has 0 aliphatic heterocycles. The third kappa shape index (κ3) is 6.64. The minimum absolute atomic E-state index is 0.122. The van der Waals surface area contributed by atoms with Crippen LogP contribution in [0.5, 0.6) is 11.5 Å². The van der Waals surface area contributed by atoms with Crippen molar-refractivity contribution in [3.8, 4) is 17.2 Å². The van der Waals surface area contributed by atoms with Gasteiger partial charge < -0.3 is 14.8 Å². The quantitative estimate of drug-likeness (QED) is 0.241. The average Bonchev–Trinajstić information content (AvgIpc) is 3.27. The van der Waals surface area contributed by atoms with Gasteiger partial charge in [0.15, 0.2) is 11.0 Å². The van der Waals surface area contributed by atoms with Crippen molar-refractivity contribution in [2.45, 2.75) is 25.6 Å². The summed E-state index contributed by atoms with van der Waals surface area (Å²) in [4.78, 5) is 12.7. The van der Waals surface area contributed by atoms with Crippen molar-refractivity contribution in [3.63, 3.8) is 0 Å². The second-order valence-corrected chi connectivity index (χ2v) is 9.42. The second kappa shape index (κ2) is 11.9. The molecule has 0 atom stereocenters. The first-order valence-corrected chi connectivity index (χ1v) is 12.9. The van der Waals surface area contributed by atoms with Gasteiger partial charge in [-0.1, -0.05) is 45.9 Å². The van der Waals surface area contributed by atoms with Gasteiger partial charge in [0.05, 0.1) is 12.4 Å². The first-order chi connectivity index (χ1) is 17.0. The number of aryl methyl sites for hydroxylation is 1. The van der Waals surface area contributed by atoms with Crippen molar-refractivity contribution in [2.75, 3.05) is 17.7 Å². The molecule has 1 amide bonds. The van der Waals surface area contributed by atoms with Crippen molar-refractivity contribution in [2.24, 2.45) is 0 Å². The van der Waals surface area contributed by atoms with Crippen molar-refractivity contribution in [1.82, 2.24) is 14.8 Å². The van der Waals surface area contributed by atoms with Crippen LogP contribution in [0.1, 0.15) is 18.3 Å². The number of carbonyl (C=O) groups excluding carboxylic acids is 1. The van der Waals surface area contributed by atoms with Crippen LogP contribution in [-0.2, 0) is 11.4 Å². The molecule has 0 saturated heterocycles. The van der Waals surface area contributed by atoms with E-state index in [1.807, 2.05) is 91.2 Å². The SMILES string of the molecule is CCOc1ccc(-n2c(COc3ccccc3)nnc2SCC(=O)Nc2ccc(Br)cc2C)cc1. The zero-order valence-electron chi connectivity index (χ0n) is 19.4. The summed E-state index contributed by atoms with van der Waals surface area (Å²) in [5.41, 5.74) is 2.62. The number of hydrogen-bond acceptors (Lipinski definition) is 6. The highest BCUT2D eigenvalue weighted by Gasteiger charge is 2.17. The maximum absolute atomic E-state index is 12.7. The summed E-state index contributed by atoms with van der Waals surface area (Å²) in [5, 5.41) is 12.3. The summed E-state index contributed by atoms with van der Waals surface area (Å²) in [6.07, 6.45) is 0. The van der Waals surface area contributed by atoms with E-state index in [0.29, 0.717) is 17.6 Å². The largest absolute Gasteiger partial charge is 0.494 e. The Bertz CT molecular complexity index is 1280. The van der Waals surface area contributed by atoms with Gasteiger partial charge in [-0.05, 0) is 74.0 Å². The van der Waals surface area contributed by atoms with E-state index in [-0.39, 0.29) is 18.3 Å². The molecular formula is C26H25BrN4O3S. The lowest BCUT2D eigenvalue weighted by Crippen LogP contribution is -2.15. The molecule has 180 valence electrons. The van der Waals surface area contributed by atoms with Crippen molar-refractivity contribution in [3.05, 3.63) is 88.7 Å². The summed E-state index contributed by atoms with van der Waals surface area (Å²) in [7, 11) is 0. The van der Waals surface area contributed by atoms with Gasteiger partial charge in [-0.3, -0.25) is 9.36 Å². The maximum Gasteiger partial charge on any atom is 0.234 e. The lowest BCUT2D eigenvalue weighted by atomic mass is 10.2. The summed E-state index contributed by atoms with van der Waals surface area (Å²) in [6.45, 7) is 4.72. The molecule has 0 unspecified atom stereocenters. The van der Waals surface area contributed by atoms with E-state index in [4.69, 9.17) is 9.47 Å². The predicted octanol–water partition coefficient (Wildman–Crippen LogP) is 6.05. The standard InChI is InChI=1S/C26H25BrN4O3S/c1-3-33-22-12-10-20(11-13-22)31-24(16-34-21-7-5-4-6-8-21)29-30-26(31)35-17-25(32)28-23-14-9-19(27)15-18(23)2/h4-15H,3,16-17H2,1-2H3,(H,28,32). The van der Waals surface area contributed by atoms with E-state index in [0.717, 1.165) is 32.9 Å². The normalized spacial score (nSPS) is 10.7. The van der Waals surface area contributed by atoms with E-state index in [1.54, 1.807) is 0 Å². The number of thioether (sulfide) groups is 1. The molecule has 1 heterocycles. The van der Waals surface area contributed by atoms with Gasteiger partial charge in [0.25, 0.3) is 0 Å². The maximum atomic E-state index is 12.7. The minimum Gasteiger partial charge on any atom is -0.494 e. The molecule has 4 rings (SSSR count). The third-order valence-corrected chi connectivity index (χ3v) is 6.43. The lowest BCUT2D eigenvalue weighted by molar-refractivity contribution is -0.113. The summed E-state index contributed by atoms with van der Waals surface area (Å²) < 4.78 is 14.4. The molecule has 1 aromatic heterocycles. The van der Waals surface area contributed by atoms with Crippen LogP contribution in [0.3, 0.4) is 0 Å². The highest BCUT2D eigenvalue weighted by Crippen LogP contribution is 2.26. The first-order valence-electron chi connectivity index (χ1n) is 11.1. The number of carbonyl (C=O) groups is 1. The fourth-order valence-electron chi connectivity index (χ4n) is 3.35. The number of nitrogens with zero attached hydrogens (tertiary/aromatic N) is 3. The second-order valence-electron chi connectivity index (χ2n) is 7.56. The van der Waals surface area contributed by atoms with E-state index < -0.39 is 0 Å². The van der Waals surface area contributed by atoms with Gasteiger partial charge in [-0.25, -0.2) is 0 Å². The van der Waals surface area contributed by atoms with Crippen LogP contribution in [0.15, 0.2) is 82.4 Å². The Hall–Kier alpha value is -3.30. The molecule has 1 N–H and O–H groups in total. The minimum atomic E-state index is -0.122. The van der Waals surface area contributed by atoms with Crippen LogP contribution in [0.25, 0.3) is 5.69 Å². The zero-order valence-corrected chi connectivity index (χ0v) is 21.8. The topological polar surface area (TPSA) is 78.3 Å². The Kier molecular flexibility index (Phi) is 8.44. The lowest BCUT2D eigenvalue weighted by Gasteiger charge is -2.12. The van der Waals surface area contributed by atoms with Crippen molar-refractivity contribution < 1.29 is 14.3 Å². The van der Waals surface area contributed by atoms with Gasteiger partial charge >= 0.3 is 0 Å². The zero-order chi connectivity index (χ0) is 24.6. The number of rotatable bonds is 10. The monoisotopic (exact) mass is 552 g/mol. The number of halogens is 1. The van der Waals surface area contributed by atoms with Crippen LogP contribution in [0.2, 0.25) is 0 Å². The number of ether oxygens (including phenoxy) is 2. The number of aromatic nitrogens is 3. The summed E-state index contributed by atoms with van der Waals surface area (Å²) in [6, 6.07) is 23.0. The Morgan fingerprint density at radius 1 is 1.00 bits per heavy atom. The molecule has 4 aromatic rings. The highest BCUT2D eigenvalue weighted by atomic mass is 79.9. The van der Waals surface area contributed by atoms with Crippen LogP contribution < -0.4 is 14.8 Å². The number of para-hydroxylation sites is 1. The Balaban J connectivity index is 1.52. The first kappa shape index (κ1) is 24.8. The highest BCUT2D eigenvalue weighted by molar-refractivity contribution is 9.10. The number of benzene rings is 3. The molecule has 0 aliphatic carbocycles. The van der Waals surface area contributed by atoms with Gasteiger partial charge in [-0.2, -0.15) is 0 Å². The molecule has 7 nitrogen and oxygen atoms in total. The van der Waals surface area contributed by atoms with Gasteiger partial charge in [-0.15, -0.1) is 10.2 Å². The van der Waals surface area contributed by atoms with Crippen LogP contribution in [0.4, 0.5) is 5.69 Å². The van der Waals surface area contributed by atoms with E-state index in [9.17, 15) is 4.79 Å². The molecule has 0 saturated carbocycles. The fraction of sp³-hybridized carbons (Fsp3) is 0.192. The predicted molar refractivity (Wildman–Crippen MR) is 142 cm³/mol. The summed E-state index contributed by atoms with van der Waals surface area (Å²) in [5.74, 6) is 2.22. The van der Waals surface area contributed by atoms with Crippen LogP contribution in [-0.4, -0.2) is 33.0 Å². The fourth-order valence-corrected chi connectivity index (χ4v) is 4.60. The van der Waals surface area contributed by atoms with Crippen LogP contribution >= 0.6 is 27.7 Å². The number of nitrogens with one attached hydrogen (secondary N) is 1. The van der Waals surface area contributed by atoms with Gasteiger partial charge in [0, 0.05) is 15.8 Å². The molecule has 0 fully saturated rings. The molecule has 9 heteroatoms. The van der Waals surface area contributed by atoms with E-state index in [2.05, 4.69) is 31.4 Å². The Labute approximate surface area is 217 Å². The molecule has 0 spiro atoms. The number of anilines is 1.